The number of nitrogens with zero attached hydrogens (tertiary/aromatic N) is 1. The lowest BCUT2D eigenvalue weighted by molar-refractivity contribution is -0.153. The van der Waals surface area contributed by atoms with Crippen LogP contribution in [0.1, 0.15) is 17.5 Å². The standard InChI is InChI=1S/C18H21N3O4/c1-12-2-4-14-13(9-20-15(14)8-12)3-5-18(24)25-11-17(23)21-7-6-19-16(22)10-21/h2,4,8-9,20H,3,5-7,10-11H2,1H3,(H,19,22). The zero-order chi connectivity index (χ0) is 17.8. The van der Waals surface area contributed by atoms with Crippen LogP contribution in [0.2, 0.25) is 0 Å². The molecule has 2 aromatic rings. The SMILES string of the molecule is Cc1ccc2c(CCC(=O)OCC(=O)N3CCNC(=O)C3)c[nH]c2c1. The van der Waals surface area contributed by atoms with Crippen molar-refractivity contribution >= 4 is 28.7 Å². The van der Waals surface area contributed by atoms with Gasteiger partial charge in [-0.25, -0.2) is 0 Å². The summed E-state index contributed by atoms with van der Waals surface area (Å²) in [6.45, 7) is 2.60. The van der Waals surface area contributed by atoms with Gasteiger partial charge < -0.3 is 19.9 Å². The van der Waals surface area contributed by atoms with E-state index in [2.05, 4.69) is 16.4 Å². The predicted molar refractivity (Wildman–Crippen MR) is 91.9 cm³/mol. The number of amides is 2. The van der Waals surface area contributed by atoms with Gasteiger partial charge in [-0.15, -0.1) is 0 Å². The largest absolute Gasteiger partial charge is 0.456 e. The number of piperazine rings is 1. The molecule has 0 radical (unpaired) electrons. The van der Waals surface area contributed by atoms with Crippen LogP contribution in [0.4, 0.5) is 0 Å². The van der Waals surface area contributed by atoms with Gasteiger partial charge in [-0.2, -0.15) is 0 Å². The van der Waals surface area contributed by atoms with Crippen LogP contribution in [0.25, 0.3) is 10.9 Å². The highest BCUT2D eigenvalue weighted by molar-refractivity contribution is 5.87. The number of nitrogens with one attached hydrogen (secondary N) is 2. The Morgan fingerprint density at radius 1 is 1.32 bits per heavy atom. The third-order valence-corrected chi connectivity index (χ3v) is 4.27. The third kappa shape index (κ3) is 4.17. The van der Waals surface area contributed by atoms with E-state index in [1.54, 1.807) is 0 Å². The minimum absolute atomic E-state index is 0.0190. The predicted octanol–water partition coefficient (Wildman–Crippen LogP) is 0.911. The number of ether oxygens (including phenoxy) is 1. The number of esters is 1. The van der Waals surface area contributed by atoms with Gasteiger partial charge in [0.05, 0.1) is 6.54 Å². The lowest BCUT2D eigenvalue weighted by Gasteiger charge is -2.26. The highest BCUT2D eigenvalue weighted by atomic mass is 16.5. The Kier molecular flexibility index (Phi) is 5.02. The minimum Gasteiger partial charge on any atom is -0.456 e. The second-order valence-corrected chi connectivity index (χ2v) is 6.19. The Balaban J connectivity index is 1.47. The second-order valence-electron chi connectivity index (χ2n) is 6.19. The molecule has 2 heterocycles. The number of H-pyrrole nitrogens is 1. The smallest absolute Gasteiger partial charge is 0.306 e. The zero-order valence-corrected chi connectivity index (χ0v) is 14.1. The van der Waals surface area contributed by atoms with Crippen molar-refractivity contribution in [2.75, 3.05) is 26.2 Å². The summed E-state index contributed by atoms with van der Waals surface area (Å²) in [5.41, 5.74) is 3.26. The molecular formula is C18H21N3O4. The fraction of sp³-hybridized carbons (Fsp3) is 0.389. The van der Waals surface area contributed by atoms with E-state index in [1.807, 2.05) is 25.3 Å². The van der Waals surface area contributed by atoms with Crippen molar-refractivity contribution in [3.05, 3.63) is 35.5 Å². The molecule has 2 amide bonds. The van der Waals surface area contributed by atoms with Crippen molar-refractivity contribution in [1.82, 2.24) is 15.2 Å². The first kappa shape index (κ1) is 17.0. The summed E-state index contributed by atoms with van der Waals surface area (Å²) in [4.78, 5) is 39.7. The molecule has 1 aliphatic rings. The van der Waals surface area contributed by atoms with Crippen molar-refractivity contribution in [1.29, 1.82) is 0 Å². The maximum absolute atomic E-state index is 12.0. The first-order valence-corrected chi connectivity index (χ1v) is 8.29. The van der Waals surface area contributed by atoms with Gasteiger partial charge in [0.1, 0.15) is 0 Å². The van der Waals surface area contributed by atoms with Gasteiger partial charge in [0, 0.05) is 36.6 Å². The fourth-order valence-electron chi connectivity index (χ4n) is 2.90. The quantitative estimate of drug-likeness (QED) is 0.790. The van der Waals surface area contributed by atoms with Gasteiger partial charge in [-0.05, 0) is 30.5 Å². The molecule has 1 aliphatic heterocycles. The van der Waals surface area contributed by atoms with Crippen LogP contribution in [0.15, 0.2) is 24.4 Å². The Hall–Kier alpha value is -2.83. The molecule has 0 saturated carbocycles. The average Bonchev–Trinajstić information content (AvgIpc) is 2.99. The average molecular weight is 343 g/mol. The first-order chi connectivity index (χ1) is 12.0. The Morgan fingerprint density at radius 3 is 2.96 bits per heavy atom. The van der Waals surface area contributed by atoms with E-state index in [9.17, 15) is 14.4 Å². The normalized spacial score (nSPS) is 14.4. The molecule has 0 unspecified atom stereocenters. The van der Waals surface area contributed by atoms with Crippen LogP contribution in [0, 0.1) is 6.92 Å². The number of benzene rings is 1. The Labute approximate surface area is 145 Å². The van der Waals surface area contributed by atoms with Crippen molar-refractivity contribution in [2.45, 2.75) is 19.8 Å². The summed E-state index contributed by atoms with van der Waals surface area (Å²) in [5, 5.41) is 3.73. The van der Waals surface area contributed by atoms with Crippen LogP contribution >= 0.6 is 0 Å². The maximum Gasteiger partial charge on any atom is 0.306 e. The van der Waals surface area contributed by atoms with Gasteiger partial charge in [0.2, 0.25) is 5.91 Å². The monoisotopic (exact) mass is 343 g/mol. The summed E-state index contributed by atoms with van der Waals surface area (Å²) < 4.78 is 5.05. The molecule has 1 aromatic carbocycles. The van der Waals surface area contributed by atoms with Crippen LogP contribution in [0.3, 0.4) is 0 Å². The van der Waals surface area contributed by atoms with E-state index in [0.717, 1.165) is 16.5 Å². The van der Waals surface area contributed by atoms with Crippen LogP contribution in [0.5, 0.6) is 0 Å². The number of aryl methyl sites for hydroxylation is 2. The molecule has 1 fully saturated rings. The minimum atomic E-state index is -0.420. The number of carbonyl (C=O) groups is 3. The van der Waals surface area contributed by atoms with Gasteiger partial charge in [-0.3, -0.25) is 14.4 Å². The highest BCUT2D eigenvalue weighted by Crippen LogP contribution is 2.20. The lowest BCUT2D eigenvalue weighted by atomic mass is 10.1. The molecule has 3 rings (SSSR count). The molecule has 1 aromatic heterocycles. The van der Waals surface area contributed by atoms with Crippen LogP contribution in [-0.2, 0) is 25.5 Å². The summed E-state index contributed by atoms with van der Waals surface area (Å²) >= 11 is 0. The highest BCUT2D eigenvalue weighted by Gasteiger charge is 2.22. The summed E-state index contributed by atoms with van der Waals surface area (Å²) in [5.74, 6) is -0.956. The van der Waals surface area contributed by atoms with Gasteiger partial charge >= 0.3 is 5.97 Å². The lowest BCUT2D eigenvalue weighted by Crippen LogP contribution is -2.51. The maximum atomic E-state index is 12.0. The number of carbonyl (C=O) groups excluding carboxylic acids is 3. The Bertz CT molecular complexity index is 812. The summed E-state index contributed by atoms with van der Waals surface area (Å²) in [6.07, 6.45) is 2.64. The van der Waals surface area contributed by atoms with Gasteiger partial charge in [0.25, 0.3) is 5.91 Å². The molecule has 25 heavy (non-hydrogen) atoms. The number of hydrogen-bond donors (Lipinski definition) is 2. The van der Waals surface area contributed by atoms with Crippen molar-refractivity contribution in [3.8, 4) is 0 Å². The molecule has 0 bridgehead atoms. The van der Waals surface area contributed by atoms with Crippen molar-refractivity contribution < 1.29 is 19.1 Å². The summed E-state index contributed by atoms with van der Waals surface area (Å²) in [6, 6.07) is 6.13. The van der Waals surface area contributed by atoms with E-state index >= 15 is 0 Å². The molecule has 132 valence electrons. The molecule has 0 atom stereocenters. The van der Waals surface area contributed by atoms with Crippen LogP contribution in [-0.4, -0.2) is 53.9 Å². The molecule has 1 saturated heterocycles. The van der Waals surface area contributed by atoms with Crippen molar-refractivity contribution in [2.24, 2.45) is 0 Å². The van der Waals surface area contributed by atoms with Crippen LogP contribution < -0.4 is 5.32 Å². The molecular weight excluding hydrogens is 322 g/mol. The number of aromatic nitrogens is 1. The molecule has 7 heteroatoms. The van der Waals surface area contributed by atoms with Crippen molar-refractivity contribution in [3.63, 3.8) is 0 Å². The number of rotatable bonds is 5. The number of fused-ring (bicyclic) bond motifs is 1. The number of aromatic amines is 1. The van der Waals surface area contributed by atoms with E-state index in [0.29, 0.717) is 19.5 Å². The van der Waals surface area contributed by atoms with E-state index in [1.165, 1.54) is 10.5 Å². The van der Waals surface area contributed by atoms with E-state index in [4.69, 9.17) is 4.74 Å². The van der Waals surface area contributed by atoms with E-state index in [-0.39, 0.29) is 31.4 Å². The molecule has 0 aliphatic carbocycles. The Morgan fingerprint density at radius 2 is 2.16 bits per heavy atom. The number of hydrogen-bond acceptors (Lipinski definition) is 4. The molecule has 0 spiro atoms. The third-order valence-electron chi connectivity index (χ3n) is 4.27. The molecule has 2 N–H and O–H groups in total. The zero-order valence-electron chi connectivity index (χ0n) is 14.1. The van der Waals surface area contributed by atoms with Gasteiger partial charge in [-0.1, -0.05) is 12.1 Å². The topological polar surface area (TPSA) is 91.5 Å². The fourth-order valence-corrected chi connectivity index (χ4v) is 2.90. The van der Waals surface area contributed by atoms with Gasteiger partial charge in [0.15, 0.2) is 6.61 Å². The summed E-state index contributed by atoms with van der Waals surface area (Å²) in [7, 11) is 0. The molecule has 7 nitrogen and oxygen atoms in total. The second kappa shape index (κ2) is 7.38. The first-order valence-electron chi connectivity index (χ1n) is 8.29. The van der Waals surface area contributed by atoms with E-state index < -0.39 is 5.97 Å².